The van der Waals surface area contributed by atoms with E-state index in [1.54, 1.807) is 13.2 Å². The van der Waals surface area contributed by atoms with Gasteiger partial charge in [0.1, 0.15) is 0 Å². The highest BCUT2D eigenvalue weighted by atomic mass is 32.2. The number of hydrogen-bond donors (Lipinski definition) is 2. The second kappa shape index (κ2) is 6.03. The summed E-state index contributed by atoms with van der Waals surface area (Å²) in [4.78, 5) is 2.07. The van der Waals surface area contributed by atoms with E-state index in [9.17, 15) is 8.42 Å². The standard InChI is InChI=1S/C11H19N3O3S/c1-13-18(15,16)9-4-5-11(10(12)8-9)14(2)6-7-17-3/h4-5,8,13H,6-7,12H2,1-3H3. The third-order valence-corrected chi connectivity index (χ3v) is 4.03. The quantitative estimate of drug-likeness (QED) is 0.726. The normalized spacial score (nSPS) is 11.5. The molecular weight excluding hydrogens is 254 g/mol. The van der Waals surface area contributed by atoms with Gasteiger partial charge in [0, 0.05) is 20.7 Å². The Morgan fingerprint density at radius 3 is 2.61 bits per heavy atom. The first-order valence-electron chi connectivity index (χ1n) is 5.45. The number of anilines is 2. The molecule has 0 atom stereocenters. The minimum absolute atomic E-state index is 0.159. The Kier molecular flexibility index (Phi) is 4.94. The Hall–Kier alpha value is -1.31. The van der Waals surface area contributed by atoms with Crippen molar-refractivity contribution < 1.29 is 13.2 Å². The highest BCUT2D eigenvalue weighted by molar-refractivity contribution is 7.89. The zero-order chi connectivity index (χ0) is 13.8. The van der Waals surface area contributed by atoms with Gasteiger partial charge in [-0.3, -0.25) is 0 Å². The van der Waals surface area contributed by atoms with Crippen molar-refractivity contribution in [2.24, 2.45) is 0 Å². The third-order valence-electron chi connectivity index (χ3n) is 2.62. The van der Waals surface area contributed by atoms with Crippen molar-refractivity contribution in [1.82, 2.24) is 4.72 Å². The lowest BCUT2D eigenvalue weighted by molar-refractivity contribution is 0.206. The van der Waals surface area contributed by atoms with E-state index in [2.05, 4.69) is 4.72 Å². The van der Waals surface area contributed by atoms with Crippen LogP contribution in [0.1, 0.15) is 0 Å². The number of ether oxygens (including phenoxy) is 1. The van der Waals surface area contributed by atoms with Gasteiger partial charge in [-0.1, -0.05) is 0 Å². The van der Waals surface area contributed by atoms with Gasteiger partial charge in [-0.15, -0.1) is 0 Å². The molecule has 3 N–H and O–H groups in total. The summed E-state index contributed by atoms with van der Waals surface area (Å²) in [5, 5.41) is 0. The lowest BCUT2D eigenvalue weighted by atomic mass is 10.2. The van der Waals surface area contributed by atoms with Crippen LogP contribution in [0.5, 0.6) is 0 Å². The van der Waals surface area contributed by atoms with Crippen molar-refractivity contribution in [1.29, 1.82) is 0 Å². The van der Waals surface area contributed by atoms with Crippen molar-refractivity contribution >= 4 is 21.4 Å². The molecule has 0 aliphatic carbocycles. The molecule has 0 heterocycles. The molecule has 0 bridgehead atoms. The lowest BCUT2D eigenvalue weighted by Gasteiger charge is -2.21. The number of rotatable bonds is 6. The third kappa shape index (κ3) is 3.34. The van der Waals surface area contributed by atoms with Gasteiger partial charge in [-0.25, -0.2) is 13.1 Å². The maximum Gasteiger partial charge on any atom is 0.240 e. The van der Waals surface area contributed by atoms with E-state index in [0.717, 1.165) is 5.69 Å². The zero-order valence-corrected chi connectivity index (χ0v) is 11.6. The fourth-order valence-electron chi connectivity index (χ4n) is 1.51. The largest absolute Gasteiger partial charge is 0.397 e. The smallest absolute Gasteiger partial charge is 0.240 e. The predicted molar refractivity (Wildman–Crippen MR) is 72.2 cm³/mol. The highest BCUT2D eigenvalue weighted by Gasteiger charge is 2.14. The van der Waals surface area contributed by atoms with Crippen molar-refractivity contribution in [2.45, 2.75) is 4.90 Å². The van der Waals surface area contributed by atoms with Crippen molar-refractivity contribution in [3.05, 3.63) is 18.2 Å². The summed E-state index contributed by atoms with van der Waals surface area (Å²) in [6.07, 6.45) is 0. The first kappa shape index (κ1) is 14.7. The van der Waals surface area contributed by atoms with E-state index in [0.29, 0.717) is 18.8 Å². The Morgan fingerprint density at radius 2 is 2.11 bits per heavy atom. The molecule has 0 unspecified atom stereocenters. The molecule has 1 aromatic rings. The lowest BCUT2D eigenvalue weighted by Crippen LogP contribution is -2.23. The Labute approximate surface area is 108 Å². The minimum atomic E-state index is -3.45. The van der Waals surface area contributed by atoms with Crippen molar-refractivity contribution in [3.63, 3.8) is 0 Å². The molecule has 6 nitrogen and oxygen atoms in total. The number of benzene rings is 1. The van der Waals surface area contributed by atoms with Crippen LogP contribution in [0, 0.1) is 0 Å². The molecule has 0 saturated heterocycles. The van der Waals surface area contributed by atoms with Crippen LogP contribution in [0.15, 0.2) is 23.1 Å². The predicted octanol–water partition coefficient (Wildman–Crippen LogP) is 0.260. The minimum Gasteiger partial charge on any atom is -0.397 e. The first-order chi connectivity index (χ1) is 8.42. The number of nitrogens with two attached hydrogens (primary N) is 1. The van der Waals surface area contributed by atoms with E-state index in [4.69, 9.17) is 10.5 Å². The fourth-order valence-corrected chi connectivity index (χ4v) is 2.28. The van der Waals surface area contributed by atoms with E-state index < -0.39 is 10.0 Å². The van der Waals surface area contributed by atoms with Gasteiger partial charge in [-0.2, -0.15) is 0 Å². The Bertz CT molecular complexity index is 502. The monoisotopic (exact) mass is 273 g/mol. The van der Waals surface area contributed by atoms with Gasteiger partial charge < -0.3 is 15.4 Å². The number of likely N-dealkylation sites (N-methyl/N-ethyl adjacent to an activating group) is 1. The summed E-state index contributed by atoms with van der Waals surface area (Å²) in [7, 11) is 1.41. The van der Waals surface area contributed by atoms with E-state index in [1.807, 2.05) is 11.9 Å². The van der Waals surface area contributed by atoms with Crippen LogP contribution >= 0.6 is 0 Å². The molecular formula is C11H19N3O3S. The fraction of sp³-hybridized carbons (Fsp3) is 0.455. The van der Waals surface area contributed by atoms with Gasteiger partial charge >= 0.3 is 0 Å². The molecule has 0 radical (unpaired) electrons. The Balaban J connectivity index is 3.00. The van der Waals surface area contributed by atoms with Gasteiger partial charge in [0.2, 0.25) is 10.0 Å². The number of methoxy groups -OCH3 is 1. The second-order valence-electron chi connectivity index (χ2n) is 3.84. The Morgan fingerprint density at radius 1 is 1.44 bits per heavy atom. The summed E-state index contributed by atoms with van der Waals surface area (Å²) in [6, 6.07) is 4.67. The summed E-state index contributed by atoms with van der Waals surface area (Å²) in [5.41, 5.74) is 7.07. The molecule has 0 saturated carbocycles. The maximum atomic E-state index is 11.6. The molecule has 1 rings (SSSR count). The number of sulfonamides is 1. The molecule has 7 heteroatoms. The first-order valence-corrected chi connectivity index (χ1v) is 6.94. The van der Waals surface area contributed by atoms with Crippen LogP contribution in [0.4, 0.5) is 11.4 Å². The average Bonchev–Trinajstić information content (AvgIpc) is 2.35. The van der Waals surface area contributed by atoms with Crippen molar-refractivity contribution in [3.8, 4) is 0 Å². The van der Waals surface area contributed by atoms with Crippen LogP contribution in [0.3, 0.4) is 0 Å². The number of hydrogen-bond acceptors (Lipinski definition) is 5. The van der Waals surface area contributed by atoms with E-state index in [1.165, 1.54) is 19.2 Å². The topological polar surface area (TPSA) is 84.7 Å². The van der Waals surface area contributed by atoms with Crippen LogP contribution in [-0.4, -0.2) is 42.8 Å². The number of nitrogens with zero attached hydrogens (tertiary/aromatic N) is 1. The molecule has 102 valence electrons. The number of nitrogens with one attached hydrogen (secondary N) is 1. The van der Waals surface area contributed by atoms with Gasteiger partial charge in [-0.05, 0) is 25.2 Å². The van der Waals surface area contributed by atoms with Gasteiger partial charge in [0.25, 0.3) is 0 Å². The highest BCUT2D eigenvalue weighted by Crippen LogP contribution is 2.25. The maximum absolute atomic E-state index is 11.6. The van der Waals surface area contributed by atoms with Crippen LogP contribution in [0.2, 0.25) is 0 Å². The molecule has 1 aromatic carbocycles. The molecule has 0 spiro atoms. The summed E-state index contributed by atoms with van der Waals surface area (Å²) >= 11 is 0. The number of nitrogen functional groups attached to an aromatic ring is 1. The molecule has 0 amide bonds. The van der Waals surface area contributed by atoms with Crippen molar-refractivity contribution in [2.75, 3.05) is 45.0 Å². The van der Waals surface area contributed by atoms with Crippen LogP contribution < -0.4 is 15.4 Å². The molecule has 0 aromatic heterocycles. The van der Waals surface area contributed by atoms with Crippen LogP contribution in [-0.2, 0) is 14.8 Å². The average molecular weight is 273 g/mol. The molecule has 0 aliphatic rings. The summed E-state index contributed by atoms with van der Waals surface area (Å²) in [6.45, 7) is 1.26. The van der Waals surface area contributed by atoms with Gasteiger partial charge in [0.05, 0.1) is 22.9 Å². The zero-order valence-electron chi connectivity index (χ0n) is 10.8. The van der Waals surface area contributed by atoms with E-state index >= 15 is 0 Å². The SMILES string of the molecule is CNS(=O)(=O)c1ccc(N(C)CCOC)c(N)c1. The molecule has 0 fully saturated rings. The summed E-state index contributed by atoms with van der Waals surface area (Å²) < 4.78 is 30.4. The van der Waals surface area contributed by atoms with Crippen LogP contribution in [0.25, 0.3) is 0 Å². The van der Waals surface area contributed by atoms with E-state index in [-0.39, 0.29) is 4.90 Å². The second-order valence-corrected chi connectivity index (χ2v) is 5.73. The molecule has 0 aliphatic heterocycles. The van der Waals surface area contributed by atoms with Gasteiger partial charge in [0.15, 0.2) is 0 Å². The summed E-state index contributed by atoms with van der Waals surface area (Å²) in [5.74, 6) is 0. The molecule has 18 heavy (non-hydrogen) atoms.